The number of urea groups is 1. The molecule has 1 atom stereocenters. The van der Waals surface area contributed by atoms with Gasteiger partial charge >= 0.3 is 6.03 Å². The Kier molecular flexibility index (Phi) is 6.35. The summed E-state index contributed by atoms with van der Waals surface area (Å²) in [5.74, 6) is -0.756. The lowest BCUT2D eigenvalue weighted by molar-refractivity contribution is -0.118. The van der Waals surface area contributed by atoms with Crippen molar-refractivity contribution in [3.8, 4) is 5.69 Å². The fourth-order valence-corrected chi connectivity index (χ4v) is 2.79. The van der Waals surface area contributed by atoms with E-state index >= 15 is 0 Å². The van der Waals surface area contributed by atoms with E-state index in [1.165, 1.54) is 22.9 Å². The van der Waals surface area contributed by atoms with Gasteiger partial charge in [0.2, 0.25) is 5.91 Å². The minimum Gasteiger partial charge on any atom is -0.326 e. The Morgan fingerprint density at radius 2 is 1.77 bits per heavy atom. The molecular formula is C20H22FN7O2. The number of halogens is 1. The molecule has 0 bridgehead atoms. The van der Waals surface area contributed by atoms with E-state index < -0.39 is 23.8 Å². The minimum atomic E-state index is -0.808. The number of aromatic nitrogens is 4. The van der Waals surface area contributed by atoms with E-state index in [1.807, 2.05) is 19.9 Å². The molecule has 3 rings (SSSR count). The lowest BCUT2D eigenvalue weighted by atomic mass is 10.0. The molecule has 3 N–H and O–H groups in total. The van der Waals surface area contributed by atoms with Crippen molar-refractivity contribution in [3.05, 3.63) is 60.2 Å². The molecule has 0 aliphatic carbocycles. The number of nitrogens with zero attached hydrogens (tertiary/aromatic N) is 4. The highest BCUT2D eigenvalue weighted by molar-refractivity contribution is 5.99. The van der Waals surface area contributed by atoms with Gasteiger partial charge in [-0.25, -0.2) is 9.18 Å². The van der Waals surface area contributed by atoms with Gasteiger partial charge in [0.25, 0.3) is 0 Å². The average Bonchev–Trinajstić information content (AvgIpc) is 3.13. The van der Waals surface area contributed by atoms with Gasteiger partial charge in [-0.3, -0.25) is 4.79 Å². The van der Waals surface area contributed by atoms with Crippen LogP contribution in [0.15, 0.2) is 48.5 Å². The van der Waals surface area contributed by atoms with Crippen molar-refractivity contribution >= 4 is 23.3 Å². The van der Waals surface area contributed by atoms with Gasteiger partial charge in [0, 0.05) is 11.4 Å². The maximum absolute atomic E-state index is 14.2. The lowest BCUT2D eigenvalue weighted by Gasteiger charge is -2.22. The zero-order valence-electron chi connectivity index (χ0n) is 16.8. The van der Waals surface area contributed by atoms with Crippen molar-refractivity contribution in [2.24, 2.45) is 5.92 Å². The first-order chi connectivity index (χ1) is 14.3. The predicted octanol–water partition coefficient (Wildman–Crippen LogP) is 2.89. The summed E-state index contributed by atoms with van der Waals surface area (Å²) in [5.41, 5.74) is 1.06. The van der Waals surface area contributed by atoms with Crippen molar-refractivity contribution < 1.29 is 14.0 Å². The van der Waals surface area contributed by atoms with Crippen molar-refractivity contribution in [2.75, 3.05) is 10.6 Å². The Labute approximate surface area is 172 Å². The summed E-state index contributed by atoms with van der Waals surface area (Å²) in [6.45, 7) is 5.26. The minimum absolute atomic E-state index is 0.103. The number of carbonyl (C=O) groups is 2. The molecule has 0 spiro atoms. The first kappa shape index (κ1) is 20.9. The molecule has 0 fully saturated rings. The maximum Gasteiger partial charge on any atom is 0.319 e. The Hall–Kier alpha value is -3.82. The highest BCUT2D eigenvalue weighted by atomic mass is 19.1. The van der Waals surface area contributed by atoms with E-state index in [1.54, 1.807) is 31.2 Å². The molecule has 30 heavy (non-hydrogen) atoms. The topological polar surface area (TPSA) is 114 Å². The van der Waals surface area contributed by atoms with E-state index in [0.29, 0.717) is 17.2 Å². The number of benzene rings is 2. The van der Waals surface area contributed by atoms with Crippen LogP contribution in [0.5, 0.6) is 0 Å². The number of amides is 3. The second kappa shape index (κ2) is 9.12. The number of hydrogen-bond acceptors (Lipinski definition) is 5. The number of carbonyl (C=O) groups excluding carboxylic acids is 2. The standard InChI is InChI=1S/C20H22FN7O2/c1-12(2)18(24-20(30)23-14-7-5-4-6-8-14)19(29)22-15-9-10-16(21)17(11-15)28-13(3)25-26-27-28/h4-12,18H,1-3H3,(H,22,29)(H2,23,24,30). The third-order valence-electron chi connectivity index (χ3n) is 4.33. The summed E-state index contributed by atoms with van der Waals surface area (Å²) >= 11 is 0. The number of hydrogen-bond donors (Lipinski definition) is 3. The SMILES string of the molecule is Cc1nnnn1-c1cc(NC(=O)C(NC(=O)Nc2ccccc2)C(C)C)ccc1F. The highest BCUT2D eigenvalue weighted by Gasteiger charge is 2.25. The summed E-state index contributed by atoms with van der Waals surface area (Å²) in [5, 5.41) is 19.1. The second-order valence-electron chi connectivity index (χ2n) is 6.98. The number of tetrazole rings is 1. The number of anilines is 2. The predicted molar refractivity (Wildman–Crippen MR) is 110 cm³/mol. The van der Waals surface area contributed by atoms with Crippen molar-refractivity contribution in [3.63, 3.8) is 0 Å². The van der Waals surface area contributed by atoms with Crippen LogP contribution in [0.25, 0.3) is 5.69 Å². The first-order valence-electron chi connectivity index (χ1n) is 9.33. The molecule has 0 saturated carbocycles. The van der Waals surface area contributed by atoms with Gasteiger partial charge in [-0.2, -0.15) is 4.68 Å². The summed E-state index contributed by atoms with van der Waals surface area (Å²) in [7, 11) is 0. The molecule has 1 unspecified atom stereocenters. The number of para-hydroxylation sites is 1. The largest absolute Gasteiger partial charge is 0.326 e. The zero-order valence-corrected chi connectivity index (χ0v) is 16.8. The van der Waals surface area contributed by atoms with Crippen LogP contribution in [-0.4, -0.2) is 38.2 Å². The van der Waals surface area contributed by atoms with E-state index in [4.69, 9.17) is 0 Å². The third kappa shape index (κ3) is 4.96. The number of nitrogens with one attached hydrogen (secondary N) is 3. The molecular weight excluding hydrogens is 389 g/mol. The Bertz CT molecular complexity index is 1040. The molecule has 0 aliphatic rings. The van der Waals surface area contributed by atoms with Gasteiger partial charge in [0.1, 0.15) is 17.5 Å². The third-order valence-corrected chi connectivity index (χ3v) is 4.33. The maximum atomic E-state index is 14.2. The lowest BCUT2D eigenvalue weighted by Crippen LogP contribution is -2.48. The molecule has 156 valence electrons. The van der Waals surface area contributed by atoms with Crippen molar-refractivity contribution in [2.45, 2.75) is 26.8 Å². The smallest absolute Gasteiger partial charge is 0.319 e. The Morgan fingerprint density at radius 1 is 1.03 bits per heavy atom. The molecule has 0 saturated heterocycles. The van der Waals surface area contributed by atoms with E-state index in [-0.39, 0.29) is 11.6 Å². The average molecular weight is 411 g/mol. The quantitative estimate of drug-likeness (QED) is 0.577. The molecule has 9 nitrogen and oxygen atoms in total. The fourth-order valence-electron chi connectivity index (χ4n) is 2.79. The van der Waals surface area contributed by atoms with Gasteiger partial charge in [-0.1, -0.05) is 32.0 Å². The van der Waals surface area contributed by atoms with E-state index in [2.05, 4.69) is 31.5 Å². The van der Waals surface area contributed by atoms with Crippen LogP contribution < -0.4 is 16.0 Å². The molecule has 1 heterocycles. The number of aryl methyl sites for hydroxylation is 1. The van der Waals surface area contributed by atoms with Crippen LogP contribution in [-0.2, 0) is 4.79 Å². The Balaban J connectivity index is 1.72. The van der Waals surface area contributed by atoms with Crippen LogP contribution in [0.3, 0.4) is 0 Å². The summed E-state index contributed by atoms with van der Waals surface area (Å²) < 4.78 is 15.5. The van der Waals surface area contributed by atoms with Crippen molar-refractivity contribution in [1.29, 1.82) is 0 Å². The van der Waals surface area contributed by atoms with Gasteiger partial charge < -0.3 is 16.0 Å². The van der Waals surface area contributed by atoms with Crippen LogP contribution in [0.4, 0.5) is 20.6 Å². The summed E-state index contributed by atoms with van der Waals surface area (Å²) in [6.07, 6.45) is 0. The van der Waals surface area contributed by atoms with Crippen molar-refractivity contribution in [1.82, 2.24) is 25.5 Å². The second-order valence-corrected chi connectivity index (χ2v) is 6.98. The van der Waals surface area contributed by atoms with Crippen LogP contribution in [0.1, 0.15) is 19.7 Å². The molecule has 2 aromatic carbocycles. The van der Waals surface area contributed by atoms with Gasteiger partial charge in [-0.05, 0) is 53.6 Å². The van der Waals surface area contributed by atoms with Gasteiger partial charge in [0.05, 0.1) is 0 Å². The monoisotopic (exact) mass is 411 g/mol. The molecule has 3 aromatic rings. The van der Waals surface area contributed by atoms with E-state index in [9.17, 15) is 14.0 Å². The fraction of sp³-hybridized carbons (Fsp3) is 0.250. The Morgan fingerprint density at radius 3 is 2.40 bits per heavy atom. The van der Waals surface area contributed by atoms with Gasteiger partial charge in [0.15, 0.2) is 5.82 Å². The summed E-state index contributed by atoms with van der Waals surface area (Å²) in [6, 6.07) is 11.7. The van der Waals surface area contributed by atoms with Crippen LogP contribution in [0.2, 0.25) is 0 Å². The summed E-state index contributed by atoms with van der Waals surface area (Å²) in [4.78, 5) is 25.1. The molecule has 3 amide bonds. The highest BCUT2D eigenvalue weighted by Crippen LogP contribution is 2.19. The molecule has 0 radical (unpaired) electrons. The molecule has 10 heteroatoms. The first-order valence-corrected chi connectivity index (χ1v) is 9.33. The number of rotatable bonds is 6. The van der Waals surface area contributed by atoms with Gasteiger partial charge in [-0.15, -0.1) is 5.10 Å². The van der Waals surface area contributed by atoms with Crippen LogP contribution >= 0.6 is 0 Å². The zero-order chi connectivity index (χ0) is 21.7. The normalized spacial score (nSPS) is 11.8. The molecule has 1 aromatic heterocycles. The molecule has 0 aliphatic heterocycles. The van der Waals surface area contributed by atoms with E-state index in [0.717, 1.165) is 0 Å². The van der Waals surface area contributed by atoms with Crippen LogP contribution in [0, 0.1) is 18.7 Å².